The Kier molecular flexibility index (Phi) is 4.67. The van der Waals surface area contributed by atoms with Gasteiger partial charge in [0.2, 0.25) is 5.95 Å². The summed E-state index contributed by atoms with van der Waals surface area (Å²) >= 11 is 0. The van der Waals surface area contributed by atoms with Crippen LogP contribution in [-0.4, -0.2) is 14.5 Å². The zero-order valence-electron chi connectivity index (χ0n) is 13.4. The van der Waals surface area contributed by atoms with Gasteiger partial charge >= 0.3 is 0 Å². The van der Waals surface area contributed by atoms with Gasteiger partial charge in [-0.2, -0.15) is 0 Å². The van der Waals surface area contributed by atoms with Crippen molar-refractivity contribution in [3.63, 3.8) is 0 Å². The van der Waals surface area contributed by atoms with Crippen LogP contribution in [0.5, 0.6) is 0 Å². The Morgan fingerprint density at radius 3 is 2.62 bits per heavy atom. The molecule has 1 aromatic carbocycles. The first-order chi connectivity index (χ1) is 11.7. The number of nitrogens with two attached hydrogens (primary N) is 1. The minimum Gasteiger partial charge on any atom is -0.351 e. The highest BCUT2D eigenvalue weighted by molar-refractivity contribution is 5.59. The molecule has 24 heavy (non-hydrogen) atoms. The summed E-state index contributed by atoms with van der Waals surface area (Å²) in [7, 11) is 1.70. The van der Waals surface area contributed by atoms with Gasteiger partial charge in [-0.1, -0.05) is 24.3 Å². The summed E-state index contributed by atoms with van der Waals surface area (Å²) in [6.45, 7) is 1.07. The fraction of sp³-hybridized carbons (Fsp3) is 0.167. The first-order valence-corrected chi connectivity index (χ1v) is 7.67. The zero-order chi connectivity index (χ0) is 16.9. The van der Waals surface area contributed by atoms with Crippen LogP contribution in [0, 0.1) is 0 Å². The normalized spacial score (nSPS) is 10.6. The van der Waals surface area contributed by atoms with Crippen LogP contribution in [0.3, 0.4) is 0 Å². The molecule has 0 aliphatic carbocycles. The van der Waals surface area contributed by atoms with Crippen molar-refractivity contribution < 1.29 is 0 Å². The molecular formula is C18H19N5O. The summed E-state index contributed by atoms with van der Waals surface area (Å²) in [5.41, 5.74) is 9.19. The predicted octanol–water partition coefficient (Wildman–Crippen LogP) is 1.91. The molecule has 6 nitrogen and oxygen atoms in total. The lowest BCUT2D eigenvalue weighted by Gasteiger charge is -2.12. The summed E-state index contributed by atoms with van der Waals surface area (Å²) in [5, 5.41) is 3.23. The van der Waals surface area contributed by atoms with Crippen LogP contribution in [0.25, 0.3) is 11.3 Å². The van der Waals surface area contributed by atoms with Gasteiger partial charge in [0.25, 0.3) is 5.56 Å². The molecule has 0 aliphatic rings. The second-order valence-electron chi connectivity index (χ2n) is 5.48. The van der Waals surface area contributed by atoms with E-state index >= 15 is 0 Å². The molecule has 6 heteroatoms. The molecular weight excluding hydrogens is 302 g/mol. The highest BCUT2D eigenvalue weighted by Gasteiger charge is 2.07. The molecule has 3 rings (SSSR count). The standard InChI is InChI=1S/C18H19N5O/c1-23-17(24)10-16(15-5-7-20-8-6-15)22-18(23)21-12-14-4-2-3-13(9-14)11-19/h2-10H,11-12,19H2,1H3,(H,21,22). The average molecular weight is 321 g/mol. The Bertz CT molecular complexity index is 889. The molecule has 0 atom stereocenters. The largest absolute Gasteiger partial charge is 0.351 e. The lowest BCUT2D eigenvalue weighted by Crippen LogP contribution is -2.21. The van der Waals surface area contributed by atoms with Gasteiger partial charge in [0, 0.05) is 44.2 Å². The number of hydrogen-bond acceptors (Lipinski definition) is 5. The highest BCUT2D eigenvalue weighted by atomic mass is 16.1. The smallest absolute Gasteiger partial charge is 0.255 e. The van der Waals surface area contributed by atoms with Crippen molar-refractivity contribution >= 4 is 5.95 Å². The zero-order valence-corrected chi connectivity index (χ0v) is 13.4. The first-order valence-electron chi connectivity index (χ1n) is 7.67. The second kappa shape index (κ2) is 7.06. The van der Waals surface area contributed by atoms with Gasteiger partial charge in [0.05, 0.1) is 5.69 Å². The molecule has 0 spiro atoms. The van der Waals surface area contributed by atoms with E-state index in [1.165, 1.54) is 10.6 Å². The molecule has 122 valence electrons. The van der Waals surface area contributed by atoms with E-state index in [0.717, 1.165) is 16.7 Å². The molecule has 2 aromatic heterocycles. The molecule has 0 fully saturated rings. The van der Waals surface area contributed by atoms with Crippen molar-refractivity contribution in [1.82, 2.24) is 14.5 Å². The fourth-order valence-corrected chi connectivity index (χ4v) is 2.42. The number of pyridine rings is 1. The molecule has 0 bridgehead atoms. The Morgan fingerprint density at radius 2 is 1.88 bits per heavy atom. The van der Waals surface area contributed by atoms with Crippen LogP contribution in [-0.2, 0) is 20.1 Å². The Labute approximate surface area is 140 Å². The van der Waals surface area contributed by atoms with Crippen molar-refractivity contribution in [3.05, 3.63) is 76.3 Å². The lowest BCUT2D eigenvalue weighted by molar-refractivity contribution is 0.823. The summed E-state index contributed by atoms with van der Waals surface area (Å²) in [6, 6.07) is 13.2. The number of benzene rings is 1. The van der Waals surface area contributed by atoms with Crippen LogP contribution in [0.4, 0.5) is 5.95 Å². The third kappa shape index (κ3) is 3.49. The number of anilines is 1. The van der Waals surface area contributed by atoms with Gasteiger partial charge in [0.15, 0.2) is 0 Å². The fourth-order valence-electron chi connectivity index (χ4n) is 2.42. The van der Waals surface area contributed by atoms with Gasteiger partial charge in [-0.15, -0.1) is 0 Å². The maximum atomic E-state index is 12.2. The molecule has 0 radical (unpaired) electrons. The molecule has 2 heterocycles. The summed E-state index contributed by atoms with van der Waals surface area (Å²) in [4.78, 5) is 20.7. The van der Waals surface area contributed by atoms with Gasteiger partial charge < -0.3 is 11.1 Å². The quantitative estimate of drug-likeness (QED) is 0.750. The van der Waals surface area contributed by atoms with Crippen LogP contribution in [0.15, 0.2) is 59.7 Å². The Morgan fingerprint density at radius 1 is 1.12 bits per heavy atom. The Balaban J connectivity index is 1.87. The predicted molar refractivity (Wildman–Crippen MR) is 94.4 cm³/mol. The summed E-state index contributed by atoms with van der Waals surface area (Å²) in [6.07, 6.45) is 3.36. The van der Waals surface area contributed by atoms with Gasteiger partial charge in [-0.25, -0.2) is 4.98 Å². The second-order valence-corrected chi connectivity index (χ2v) is 5.48. The van der Waals surface area contributed by atoms with Crippen LogP contribution in [0.1, 0.15) is 11.1 Å². The van der Waals surface area contributed by atoms with E-state index in [4.69, 9.17) is 5.73 Å². The van der Waals surface area contributed by atoms with E-state index < -0.39 is 0 Å². The Hall–Kier alpha value is -2.99. The van der Waals surface area contributed by atoms with E-state index in [0.29, 0.717) is 24.7 Å². The molecule has 0 amide bonds. The van der Waals surface area contributed by atoms with E-state index in [2.05, 4.69) is 15.3 Å². The number of nitrogens with zero attached hydrogens (tertiary/aromatic N) is 3. The van der Waals surface area contributed by atoms with Crippen molar-refractivity contribution in [2.45, 2.75) is 13.1 Å². The third-order valence-electron chi connectivity index (χ3n) is 3.79. The van der Waals surface area contributed by atoms with E-state index in [-0.39, 0.29) is 5.56 Å². The summed E-state index contributed by atoms with van der Waals surface area (Å²) < 4.78 is 1.50. The molecule has 3 aromatic rings. The summed E-state index contributed by atoms with van der Waals surface area (Å²) in [5.74, 6) is 0.521. The monoisotopic (exact) mass is 321 g/mol. The van der Waals surface area contributed by atoms with Gasteiger partial charge in [0.1, 0.15) is 0 Å². The average Bonchev–Trinajstić information content (AvgIpc) is 2.63. The molecule has 0 saturated heterocycles. The first kappa shape index (κ1) is 15.9. The van der Waals surface area contributed by atoms with Crippen molar-refractivity contribution in [2.24, 2.45) is 12.8 Å². The van der Waals surface area contributed by atoms with E-state index in [1.807, 2.05) is 36.4 Å². The number of hydrogen-bond donors (Lipinski definition) is 2. The topological polar surface area (TPSA) is 85.8 Å². The molecule has 0 saturated carbocycles. The van der Waals surface area contributed by atoms with Crippen LogP contribution in [0.2, 0.25) is 0 Å². The van der Waals surface area contributed by atoms with Crippen LogP contribution >= 0.6 is 0 Å². The SMILES string of the molecule is Cn1c(NCc2cccc(CN)c2)nc(-c2ccncc2)cc1=O. The minimum atomic E-state index is -0.116. The maximum Gasteiger partial charge on any atom is 0.255 e. The molecule has 0 aliphatic heterocycles. The minimum absolute atomic E-state index is 0.116. The number of rotatable bonds is 5. The van der Waals surface area contributed by atoms with Crippen molar-refractivity contribution in [2.75, 3.05) is 5.32 Å². The van der Waals surface area contributed by atoms with Gasteiger partial charge in [-0.3, -0.25) is 14.3 Å². The van der Waals surface area contributed by atoms with E-state index in [9.17, 15) is 4.79 Å². The number of aromatic nitrogens is 3. The van der Waals surface area contributed by atoms with Crippen molar-refractivity contribution in [3.8, 4) is 11.3 Å². The van der Waals surface area contributed by atoms with Gasteiger partial charge in [-0.05, 0) is 23.3 Å². The van der Waals surface area contributed by atoms with Crippen molar-refractivity contribution in [1.29, 1.82) is 0 Å². The van der Waals surface area contributed by atoms with Crippen LogP contribution < -0.4 is 16.6 Å². The van der Waals surface area contributed by atoms with E-state index in [1.54, 1.807) is 19.4 Å². The molecule has 3 N–H and O–H groups in total. The molecule has 0 unspecified atom stereocenters. The lowest BCUT2D eigenvalue weighted by atomic mass is 10.1. The number of nitrogens with one attached hydrogen (secondary N) is 1. The maximum absolute atomic E-state index is 12.2. The highest BCUT2D eigenvalue weighted by Crippen LogP contribution is 2.16. The third-order valence-corrected chi connectivity index (χ3v) is 3.79.